The predicted molar refractivity (Wildman–Crippen MR) is 170 cm³/mol. The summed E-state index contributed by atoms with van der Waals surface area (Å²) in [6.07, 6.45) is 10.6. The molecule has 0 radical (unpaired) electrons. The molecule has 0 aromatic carbocycles. The molecule has 12 heteroatoms. The first-order valence-electron chi connectivity index (χ1n) is 15.7. The number of aliphatic hydroxyl groups excluding tert-OH is 1. The lowest BCUT2D eigenvalue weighted by Crippen LogP contribution is -2.44. The van der Waals surface area contributed by atoms with Gasteiger partial charge in [-0.05, 0) is 60.4 Å². The largest absolute Gasteiger partial charge is 0.392 e. The predicted octanol–water partition coefficient (Wildman–Crippen LogP) is 3.17. The van der Waals surface area contributed by atoms with Crippen molar-refractivity contribution in [2.45, 2.75) is 71.7 Å². The zero-order chi connectivity index (χ0) is 31.0. The van der Waals surface area contributed by atoms with Gasteiger partial charge in [0.05, 0.1) is 18.8 Å². The van der Waals surface area contributed by atoms with Crippen LogP contribution in [-0.4, -0.2) is 56.1 Å². The lowest BCUT2D eigenvalue weighted by Gasteiger charge is -2.39. The summed E-state index contributed by atoms with van der Waals surface area (Å²) in [4.78, 5) is 34.0. The molecule has 2 aliphatic carbocycles. The molecule has 1 fully saturated rings. The van der Waals surface area contributed by atoms with Gasteiger partial charge in [-0.1, -0.05) is 20.3 Å². The number of aliphatic hydroxyl groups is 1. The molecule has 45 heavy (non-hydrogen) atoms. The number of rotatable bonds is 6. The first-order valence-corrected chi connectivity index (χ1v) is 15.7. The Balaban J connectivity index is 1.14. The molecule has 12 nitrogen and oxygen atoms in total. The van der Waals surface area contributed by atoms with Gasteiger partial charge in [-0.15, -0.1) is 0 Å². The van der Waals surface area contributed by atoms with E-state index in [-0.39, 0.29) is 29.0 Å². The Morgan fingerprint density at radius 1 is 1.09 bits per heavy atom. The number of pyridine rings is 2. The van der Waals surface area contributed by atoms with Crippen molar-refractivity contribution in [3.8, 4) is 16.9 Å². The van der Waals surface area contributed by atoms with Crippen molar-refractivity contribution in [1.29, 1.82) is 0 Å². The molecule has 0 unspecified atom stereocenters. The first kappa shape index (κ1) is 28.0. The van der Waals surface area contributed by atoms with Gasteiger partial charge >= 0.3 is 0 Å². The van der Waals surface area contributed by atoms with Crippen LogP contribution in [0.1, 0.15) is 55.6 Å². The van der Waals surface area contributed by atoms with Gasteiger partial charge in [0, 0.05) is 61.5 Å². The fourth-order valence-corrected chi connectivity index (χ4v) is 7.30. The Labute approximate surface area is 259 Å². The van der Waals surface area contributed by atoms with Crippen LogP contribution in [0.4, 0.5) is 11.5 Å². The number of nitrogens with zero attached hydrogens (tertiary/aromatic N) is 8. The molecular weight excluding hydrogens is 570 g/mol. The molecule has 3 aliphatic rings. The van der Waals surface area contributed by atoms with Gasteiger partial charge in [0.15, 0.2) is 11.6 Å². The topological polar surface area (TPSA) is 128 Å². The van der Waals surface area contributed by atoms with Crippen molar-refractivity contribution in [1.82, 2.24) is 38.4 Å². The quantitative estimate of drug-likeness (QED) is 0.302. The number of hydrogen-bond donors (Lipinski definition) is 2. The van der Waals surface area contributed by atoms with Gasteiger partial charge in [0.2, 0.25) is 0 Å². The van der Waals surface area contributed by atoms with Crippen LogP contribution in [-0.2, 0) is 39.6 Å². The molecule has 0 bridgehead atoms. The average molecular weight is 608 g/mol. The van der Waals surface area contributed by atoms with Gasteiger partial charge < -0.3 is 15.0 Å². The second kappa shape index (κ2) is 10.2. The fraction of sp³-hybridized carbons (Fsp3) is 0.424. The van der Waals surface area contributed by atoms with Crippen molar-refractivity contribution in [3.05, 3.63) is 86.2 Å². The molecule has 232 valence electrons. The van der Waals surface area contributed by atoms with Gasteiger partial charge in [-0.3, -0.25) is 23.6 Å². The Morgan fingerprint density at radius 3 is 2.71 bits per heavy atom. The minimum atomic E-state index is -0.375. The fourth-order valence-electron chi connectivity index (χ4n) is 7.30. The van der Waals surface area contributed by atoms with Crippen LogP contribution in [0, 0.1) is 5.41 Å². The van der Waals surface area contributed by atoms with E-state index in [0.717, 1.165) is 43.9 Å². The molecule has 1 saturated carbocycles. The molecule has 1 aliphatic heterocycles. The van der Waals surface area contributed by atoms with Crippen LogP contribution in [0.2, 0.25) is 0 Å². The third-order valence-corrected chi connectivity index (χ3v) is 9.81. The molecule has 0 amide bonds. The Morgan fingerprint density at radius 2 is 1.93 bits per heavy atom. The Bertz CT molecular complexity index is 2100. The summed E-state index contributed by atoms with van der Waals surface area (Å²) < 4.78 is 6.67. The minimum Gasteiger partial charge on any atom is -0.392 e. The van der Waals surface area contributed by atoms with Crippen LogP contribution in [0.5, 0.6) is 0 Å². The van der Waals surface area contributed by atoms with Gasteiger partial charge in [-0.25, -0.2) is 4.98 Å². The van der Waals surface area contributed by atoms with Crippen LogP contribution >= 0.6 is 0 Å². The maximum absolute atomic E-state index is 13.7. The highest BCUT2D eigenvalue weighted by Gasteiger charge is 2.32. The zero-order valence-electron chi connectivity index (χ0n) is 25.8. The van der Waals surface area contributed by atoms with E-state index in [9.17, 15) is 14.7 Å². The van der Waals surface area contributed by atoms with Crippen LogP contribution in [0.25, 0.3) is 22.5 Å². The molecule has 5 aromatic heterocycles. The number of aromatic nitrogens is 7. The summed E-state index contributed by atoms with van der Waals surface area (Å²) in [5.74, 6) is 0.879. The van der Waals surface area contributed by atoms with Crippen molar-refractivity contribution < 1.29 is 5.11 Å². The number of hydrogen-bond acceptors (Lipinski definition) is 8. The summed E-state index contributed by atoms with van der Waals surface area (Å²) in [6.45, 7) is 6.75. The maximum Gasteiger partial charge on any atom is 0.297 e. The summed E-state index contributed by atoms with van der Waals surface area (Å²) in [7, 11) is 1.69. The zero-order valence-corrected chi connectivity index (χ0v) is 25.8. The molecule has 2 N–H and O–H groups in total. The lowest BCUT2D eigenvalue weighted by molar-refractivity contribution is 0.0946. The van der Waals surface area contributed by atoms with Crippen LogP contribution in [0.3, 0.4) is 0 Å². The first-order chi connectivity index (χ1) is 21.7. The average Bonchev–Trinajstić information content (AvgIpc) is 3.63. The van der Waals surface area contributed by atoms with E-state index in [0.29, 0.717) is 39.8 Å². The van der Waals surface area contributed by atoms with Gasteiger partial charge in [-0.2, -0.15) is 14.9 Å². The molecule has 0 saturated heterocycles. The van der Waals surface area contributed by atoms with Gasteiger partial charge in [0.25, 0.3) is 11.1 Å². The molecule has 0 spiro atoms. The van der Waals surface area contributed by atoms with Crippen molar-refractivity contribution in [2.75, 3.05) is 11.9 Å². The number of fused-ring (bicyclic) bond motifs is 4. The summed E-state index contributed by atoms with van der Waals surface area (Å²) in [5.41, 5.74) is 5.75. The molecule has 5 aromatic rings. The SMILES string of the molecule is Cn1cc(-c2ccnc(-n3ncn4c5c(cc4c3=O)CC(C)(C)C5)c2CO)cc(Nc2cc3n(n2)CCN(C2CCC2)C3)c1=O. The third-order valence-electron chi connectivity index (χ3n) is 9.81. The van der Waals surface area contributed by atoms with Gasteiger partial charge in [0.1, 0.15) is 17.5 Å². The second-order valence-electron chi connectivity index (χ2n) is 13.5. The van der Waals surface area contributed by atoms with E-state index in [1.54, 1.807) is 37.9 Å². The number of nitrogens with one attached hydrogen (secondary N) is 1. The van der Waals surface area contributed by atoms with E-state index in [1.165, 1.54) is 34.1 Å². The third kappa shape index (κ3) is 4.62. The highest BCUT2D eigenvalue weighted by Crippen LogP contribution is 2.37. The molecule has 8 rings (SSSR count). The summed E-state index contributed by atoms with van der Waals surface area (Å²) in [5, 5.41) is 23.1. The summed E-state index contributed by atoms with van der Waals surface area (Å²) >= 11 is 0. The van der Waals surface area contributed by atoms with Crippen molar-refractivity contribution >= 4 is 17.0 Å². The lowest BCUT2D eigenvalue weighted by atomic mass is 9.90. The monoisotopic (exact) mass is 607 g/mol. The molecule has 6 heterocycles. The Kier molecular flexibility index (Phi) is 6.37. The normalized spacial score (nSPS) is 17.8. The molecular formula is C33H37N9O3. The number of anilines is 2. The van der Waals surface area contributed by atoms with E-state index in [1.807, 2.05) is 21.2 Å². The maximum atomic E-state index is 13.7. The van der Waals surface area contributed by atoms with E-state index >= 15 is 0 Å². The molecule has 0 atom stereocenters. The van der Waals surface area contributed by atoms with E-state index in [4.69, 9.17) is 5.10 Å². The summed E-state index contributed by atoms with van der Waals surface area (Å²) in [6, 6.07) is 8.19. The van der Waals surface area contributed by atoms with Crippen LogP contribution in [0.15, 0.2) is 52.6 Å². The Hall–Kier alpha value is -4.55. The highest BCUT2D eigenvalue weighted by atomic mass is 16.3. The second-order valence-corrected chi connectivity index (χ2v) is 13.5. The smallest absolute Gasteiger partial charge is 0.297 e. The van der Waals surface area contributed by atoms with Crippen LogP contribution < -0.4 is 16.4 Å². The van der Waals surface area contributed by atoms with E-state index in [2.05, 4.69) is 34.1 Å². The highest BCUT2D eigenvalue weighted by molar-refractivity contribution is 5.73. The van der Waals surface area contributed by atoms with E-state index < -0.39 is 0 Å². The van der Waals surface area contributed by atoms with Crippen molar-refractivity contribution in [2.24, 2.45) is 12.5 Å². The minimum absolute atomic E-state index is 0.151. The van der Waals surface area contributed by atoms with Crippen molar-refractivity contribution in [3.63, 3.8) is 0 Å². The number of aryl methyl sites for hydroxylation is 1. The standard InChI is InChI=1S/C33H37N9O3/c1-33(2)14-20-12-27-32(45)42(35-19-40(27)28(20)15-33)30-25(18-43)24(7-8-34-30)21-11-26(31(44)38(3)16-21)36-29-13-23-17-39(22-5-4-6-22)9-10-41(23)37-29/h7-8,11-13,16,19,22,43H,4-6,9-10,14-15,17-18H2,1-3H3,(H,36,37).